The Morgan fingerprint density at radius 1 is 1.20 bits per heavy atom. The van der Waals surface area contributed by atoms with Gasteiger partial charge in [0.25, 0.3) is 0 Å². The molecule has 1 N–H and O–H groups in total. The SMILES string of the molecule is CCOCC(=O)N1CCC(N2CCCC2C(=O)O)CC1. The number of amides is 1. The minimum Gasteiger partial charge on any atom is -0.480 e. The van der Waals surface area contributed by atoms with E-state index in [0.717, 1.165) is 32.2 Å². The van der Waals surface area contributed by atoms with Crippen LogP contribution < -0.4 is 0 Å². The highest BCUT2D eigenvalue weighted by Gasteiger charge is 2.37. The number of ether oxygens (including phenoxy) is 1. The zero-order valence-corrected chi connectivity index (χ0v) is 12.1. The maximum Gasteiger partial charge on any atom is 0.320 e. The third kappa shape index (κ3) is 3.49. The summed E-state index contributed by atoms with van der Waals surface area (Å²) in [6, 6.07) is -0.0274. The molecule has 2 saturated heterocycles. The van der Waals surface area contributed by atoms with Crippen LogP contribution in [0.5, 0.6) is 0 Å². The van der Waals surface area contributed by atoms with Gasteiger partial charge in [0.2, 0.25) is 5.91 Å². The van der Waals surface area contributed by atoms with E-state index >= 15 is 0 Å². The summed E-state index contributed by atoms with van der Waals surface area (Å²) in [5, 5.41) is 9.23. The summed E-state index contributed by atoms with van der Waals surface area (Å²) < 4.78 is 5.14. The predicted molar refractivity (Wildman–Crippen MR) is 73.5 cm³/mol. The first kappa shape index (κ1) is 15.3. The van der Waals surface area contributed by atoms with Crippen molar-refractivity contribution < 1.29 is 19.4 Å². The normalized spacial score (nSPS) is 25.1. The molecule has 0 aromatic rings. The van der Waals surface area contributed by atoms with Crippen LogP contribution in [0.25, 0.3) is 0 Å². The van der Waals surface area contributed by atoms with Crippen LogP contribution in [0.4, 0.5) is 0 Å². The lowest BCUT2D eigenvalue weighted by atomic mass is 10.0. The van der Waals surface area contributed by atoms with Gasteiger partial charge in [-0.05, 0) is 39.2 Å². The van der Waals surface area contributed by atoms with E-state index in [0.29, 0.717) is 25.7 Å². The number of hydrogen-bond acceptors (Lipinski definition) is 4. The van der Waals surface area contributed by atoms with Gasteiger partial charge >= 0.3 is 5.97 Å². The number of nitrogens with zero attached hydrogens (tertiary/aromatic N) is 2. The summed E-state index contributed by atoms with van der Waals surface area (Å²) in [6.07, 6.45) is 3.43. The van der Waals surface area contributed by atoms with Gasteiger partial charge in [0.1, 0.15) is 12.6 Å². The molecule has 0 aromatic heterocycles. The molecule has 2 aliphatic heterocycles. The Kier molecular flexibility index (Phi) is 5.37. The van der Waals surface area contributed by atoms with Crippen molar-refractivity contribution in [2.45, 2.75) is 44.7 Å². The van der Waals surface area contributed by atoms with Gasteiger partial charge in [0, 0.05) is 25.7 Å². The van der Waals surface area contributed by atoms with Gasteiger partial charge < -0.3 is 14.7 Å². The molecular formula is C14H24N2O4. The van der Waals surface area contributed by atoms with E-state index in [2.05, 4.69) is 4.90 Å². The number of likely N-dealkylation sites (tertiary alicyclic amines) is 2. The van der Waals surface area contributed by atoms with Gasteiger partial charge in [-0.3, -0.25) is 14.5 Å². The average molecular weight is 284 g/mol. The first-order chi connectivity index (χ1) is 9.63. The van der Waals surface area contributed by atoms with Crippen molar-refractivity contribution in [3.8, 4) is 0 Å². The molecule has 0 bridgehead atoms. The largest absolute Gasteiger partial charge is 0.480 e. The highest BCUT2D eigenvalue weighted by molar-refractivity contribution is 5.77. The molecule has 2 heterocycles. The molecule has 20 heavy (non-hydrogen) atoms. The van der Waals surface area contributed by atoms with Crippen LogP contribution in [-0.2, 0) is 14.3 Å². The molecule has 6 heteroatoms. The smallest absolute Gasteiger partial charge is 0.320 e. The Hall–Kier alpha value is -1.14. The van der Waals surface area contributed by atoms with E-state index < -0.39 is 5.97 Å². The van der Waals surface area contributed by atoms with Gasteiger partial charge in [-0.15, -0.1) is 0 Å². The van der Waals surface area contributed by atoms with Crippen LogP contribution >= 0.6 is 0 Å². The molecule has 114 valence electrons. The Bertz CT molecular complexity index is 353. The number of aliphatic carboxylic acids is 1. The van der Waals surface area contributed by atoms with Crippen LogP contribution in [0.1, 0.15) is 32.6 Å². The molecule has 2 rings (SSSR count). The number of hydrogen-bond donors (Lipinski definition) is 1. The van der Waals surface area contributed by atoms with Gasteiger partial charge in [0.15, 0.2) is 0 Å². The summed E-state index contributed by atoms with van der Waals surface area (Å²) in [5.74, 6) is -0.668. The lowest BCUT2D eigenvalue weighted by molar-refractivity contribution is -0.144. The first-order valence-corrected chi connectivity index (χ1v) is 7.47. The number of carboxylic acid groups (broad SMARTS) is 1. The van der Waals surface area contributed by atoms with Gasteiger partial charge in [-0.25, -0.2) is 0 Å². The molecule has 6 nitrogen and oxygen atoms in total. The predicted octanol–water partition coefficient (Wildman–Crippen LogP) is 0.563. The van der Waals surface area contributed by atoms with E-state index in [1.165, 1.54) is 0 Å². The van der Waals surface area contributed by atoms with Crippen molar-refractivity contribution >= 4 is 11.9 Å². The number of carbonyl (C=O) groups excluding carboxylic acids is 1. The van der Waals surface area contributed by atoms with Crippen LogP contribution in [0, 0.1) is 0 Å². The van der Waals surface area contributed by atoms with Gasteiger partial charge in [-0.1, -0.05) is 0 Å². The maximum absolute atomic E-state index is 11.9. The summed E-state index contributed by atoms with van der Waals surface area (Å²) in [7, 11) is 0. The van der Waals surface area contributed by atoms with Crippen molar-refractivity contribution in [1.29, 1.82) is 0 Å². The van der Waals surface area contributed by atoms with E-state index in [1.807, 2.05) is 11.8 Å². The zero-order valence-electron chi connectivity index (χ0n) is 12.1. The van der Waals surface area contributed by atoms with Crippen molar-refractivity contribution in [3.05, 3.63) is 0 Å². The minimum absolute atomic E-state index is 0.0431. The van der Waals surface area contributed by atoms with E-state index in [4.69, 9.17) is 4.74 Å². The first-order valence-electron chi connectivity index (χ1n) is 7.47. The lowest BCUT2D eigenvalue weighted by Crippen LogP contribution is -2.50. The Balaban J connectivity index is 1.82. The van der Waals surface area contributed by atoms with E-state index in [-0.39, 0.29) is 18.6 Å². The van der Waals surface area contributed by atoms with Crippen LogP contribution in [-0.4, -0.2) is 71.7 Å². The molecule has 0 aromatic carbocycles. The van der Waals surface area contributed by atoms with Crippen LogP contribution in [0.15, 0.2) is 0 Å². The second kappa shape index (κ2) is 7.04. The summed E-state index contributed by atoms with van der Waals surface area (Å²) >= 11 is 0. The second-order valence-corrected chi connectivity index (χ2v) is 5.48. The third-order valence-electron chi connectivity index (χ3n) is 4.30. The molecule has 0 radical (unpaired) electrons. The average Bonchev–Trinajstić information content (AvgIpc) is 2.94. The fourth-order valence-electron chi connectivity index (χ4n) is 3.22. The third-order valence-corrected chi connectivity index (χ3v) is 4.30. The Labute approximate surface area is 119 Å². The van der Waals surface area contributed by atoms with Crippen LogP contribution in [0.2, 0.25) is 0 Å². The number of carboxylic acids is 1. The van der Waals surface area contributed by atoms with Gasteiger partial charge in [0.05, 0.1) is 0 Å². The van der Waals surface area contributed by atoms with Crippen molar-refractivity contribution in [3.63, 3.8) is 0 Å². The summed E-state index contributed by atoms with van der Waals surface area (Å²) in [5.41, 5.74) is 0. The molecule has 1 atom stereocenters. The molecule has 0 saturated carbocycles. The van der Waals surface area contributed by atoms with Crippen molar-refractivity contribution in [2.24, 2.45) is 0 Å². The summed E-state index contributed by atoms with van der Waals surface area (Å²) in [4.78, 5) is 27.0. The molecule has 1 unspecified atom stereocenters. The van der Waals surface area contributed by atoms with E-state index in [9.17, 15) is 14.7 Å². The molecular weight excluding hydrogens is 260 g/mol. The highest BCUT2D eigenvalue weighted by atomic mass is 16.5. The van der Waals surface area contributed by atoms with Crippen molar-refractivity contribution in [1.82, 2.24) is 9.80 Å². The topological polar surface area (TPSA) is 70.1 Å². The highest BCUT2D eigenvalue weighted by Crippen LogP contribution is 2.26. The zero-order chi connectivity index (χ0) is 14.5. The number of piperidine rings is 1. The second-order valence-electron chi connectivity index (χ2n) is 5.48. The minimum atomic E-state index is -0.711. The standard InChI is InChI=1S/C14H24N2O4/c1-2-20-10-13(17)15-8-5-11(6-9-15)16-7-3-4-12(16)14(18)19/h11-12H,2-10H2,1H3,(H,18,19). The fourth-order valence-corrected chi connectivity index (χ4v) is 3.22. The summed E-state index contributed by atoms with van der Waals surface area (Å²) in [6.45, 7) is 4.87. The molecule has 0 spiro atoms. The molecule has 1 amide bonds. The van der Waals surface area contributed by atoms with Gasteiger partial charge in [-0.2, -0.15) is 0 Å². The molecule has 0 aliphatic carbocycles. The number of rotatable bonds is 5. The Morgan fingerprint density at radius 3 is 2.50 bits per heavy atom. The number of carbonyl (C=O) groups is 2. The van der Waals surface area contributed by atoms with Crippen LogP contribution in [0.3, 0.4) is 0 Å². The molecule has 2 fully saturated rings. The lowest BCUT2D eigenvalue weighted by Gasteiger charge is -2.38. The maximum atomic E-state index is 11.9. The fraction of sp³-hybridized carbons (Fsp3) is 0.857. The molecule has 2 aliphatic rings. The monoisotopic (exact) mass is 284 g/mol. The van der Waals surface area contributed by atoms with E-state index in [1.54, 1.807) is 0 Å². The van der Waals surface area contributed by atoms with Crippen molar-refractivity contribution in [2.75, 3.05) is 32.8 Å². The quantitative estimate of drug-likeness (QED) is 0.799. The Morgan fingerprint density at radius 2 is 1.90 bits per heavy atom.